The van der Waals surface area contributed by atoms with Crippen molar-refractivity contribution in [3.63, 3.8) is 0 Å². The zero-order chi connectivity index (χ0) is 13.0. The minimum atomic E-state index is -0.947. The Morgan fingerprint density at radius 2 is 2.06 bits per heavy atom. The van der Waals surface area contributed by atoms with Crippen LogP contribution in [0.2, 0.25) is 0 Å². The van der Waals surface area contributed by atoms with Crippen molar-refractivity contribution in [2.75, 3.05) is 5.32 Å². The molecular weight excluding hydrogens is 218 g/mol. The molecule has 0 amide bonds. The number of aromatic carboxylic acids is 1. The second kappa shape index (κ2) is 5.68. The van der Waals surface area contributed by atoms with Gasteiger partial charge in [-0.3, -0.25) is 0 Å². The van der Waals surface area contributed by atoms with Gasteiger partial charge in [0.25, 0.3) is 0 Å². The largest absolute Gasteiger partial charge is 0.478 e. The third-order valence-electron chi connectivity index (χ3n) is 2.50. The van der Waals surface area contributed by atoms with E-state index in [9.17, 15) is 9.90 Å². The predicted molar refractivity (Wildman–Crippen MR) is 67.5 cm³/mol. The Morgan fingerprint density at radius 1 is 1.41 bits per heavy atom. The Morgan fingerprint density at radius 3 is 2.59 bits per heavy atom. The Bertz CT molecular complexity index is 402. The van der Waals surface area contributed by atoms with Gasteiger partial charge in [0.05, 0.1) is 11.7 Å². The first-order chi connectivity index (χ1) is 7.90. The number of anilines is 1. The molecule has 0 saturated carbocycles. The van der Waals surface area contributed by atoms with Gasteiger partial charge in [0.2, 0.25) is 0 Å². The van der Waals surface area contributed by atoms with Crippen LogP contribution < -0.4 is 5.32 Å². The molecule has 1 aromatic rings. The fourth-order valence-corrected chi connectivity index (χ4v) is 1.80. The maximum atomic E-state index is 11.0. The highest BCUT2D eigenvalue weighted by Crippen LogP contribution is 2.19. The molecule has 94 valence electrons. The number of rotatable bonds is 5. The third-order valence-corrected chi connectivity index (χ3v) is 2.50. The van der Waals surface area contributed by atoms with Crippen LogP contribution in [0.1, 0.15) is 36.2 Å². The van der Waals surface area contributed by atoms with E-state index in [4.69, 9.17) is 5.11 Å². The second-order valence-electron chi connectivity index (χ2n) is 4.48. The number of hydrogen-bond donors (Lipinski definition) is 3. The molecule has 0 radical (unpaired) electrons. The molecule has 0 spiro atoms. The number of hydrogen-bond acceptors (Lipinski definition) is 3. The molecule has 2 unspecified atom stereocenters. The molecule has 0 fully saturated rings. The highest BCUT2D eigenvalue weighted by molar-refractivity contribution is 5.94. The molecule has 0 bridgehead atoms. The number of aliphatic hydroxyl groups excluding tert-OH is 1. The summed E-state index contributed by atoms with van der Waals surface area (Å²) in [5.74, 6) is -0.947. The lowest BCUT2D eigenvalue weighted by atomic mass is 10.1. The first-order valence-electron chi connectivity index (χ1n) is 5.68. The summed E-state index contributed by atoms with van der Waals surface area (Å²) in [7, 11) is 0. The Labute approximate surface area is 101 Å². The topological polar surface area (TPSA) is 69.6 Å². The van der Waals surface area contributed by atoms with Crippen LogP contribution >= 0.6 is 0 Å². The number of benzene rings is 1. The molecule has 2 atom stereocenters. The van der Waals surface area contributed by atoms with Gasteiger partial charge < -0.3 is 15.5 Å². The molecule has 4 heteroatoms. The lowest BCUT2D eigenvalue weighted by Gasteiger charge is -2.18. The Balaban J connectivity index is 2.88. The van der Waals surface area contributed by atoms with E-state index in [1.165, 1.54) is 0 Å². The molecule has 17 heavy (non-hydrogen) atoms. The van der Waals surface area contributed by atoms with Gasteiger partial charge in [0, 0.05) is 11.7 Å². The molecule has 0 aliphatic heterocycles. The molecule has 0 saturated heterocycles. The summed E-state index contributed by atoms with van der Waals surface area (Å²) in [6.07, 6.45) is 0.170. The highest BCUT2D eigenvalue weighted by atomic mass is 16.4. The summed E-state index contributed by atoms with van der Waals surface area (Å²) in [5.41, 5.74) is 1.86. The van der Waals surface area contributed by atoms with Crippen molar-refractivity contribution in [2.24, 2.45) is 0 Å². The SMILES string of the molecule is Cc1ccc(C(=O)O)c(NC(C)CC(C)O)c1. The highest BCUT2D eigenvalue weighted by Gasteiger charge is 2.13. The van der Waals surface area contributed by atoms with Gasteiger partial charge in [-0.15, -0.1) is 0 Å². The summed E-state index contributed by atoms with van der Waals surface area (Å²) < 4.78 is 0. The van der Waals surface area contributed by atoms with Crippen LogP contribution in [-0.2, 0) is 0 Å². The number of nitrogens with one attached hydrogen (secondary N) is 1. The lowest BCUT2D eigenvalue weighted by molar-refractivity contribution is 0.0698. The second-order valence-corrected chi connectivity index (χ2v) is 4.48. The van der Waals surface area contributed by atoms with Crippen molar-refractivity contribution in [3.8, 4) is 0 Å². The average molecular weight is 237 g/mol. The van der Waals surface area contributed by atoms with Gasteiger partial charge in [0.1, 0.15) is 0 Å². The number of carboxylic acid groups (broad SMARTS) is 1. The number of carbonyl (C=O) groups is 1. The van der Waals surface area contributed by atoms with E-state index in [0.29, 0.717) is 12.1 Å². The quantitative estimate of drug-likeness (QED) is 0.734. The number of aryl methyl sites for hydroxylation is 1. The van der Waals surface area contributed by atoms with Crippen molar-refractivity contribution in [1.82, 2.24) is 0 Å². The van der Waals surface area contributed by atoms with Gasteiger partial charge in [-0.25, -0.2) is 4.79 Å². The fraction of sp³-hybridized carbons (Fsp3) is 0.462. The maximum absolute atomic E-state index is 11.0. The first-order valence-corrected chi connectivity index (χ1v) is 5.68. The van der Waals surface area contributed by atoms with E-state index < -0.39 is 12.1 Å². The molecular formula is C13H19NO3. The Kier molecular flexibility index (Phi) is 4.52. The van der Waals surface area contributed by atoms with Gasteiger partial charge in [-0.1, -0.05) is 6.07 Å². The predicted octanol–water partition coefficient (Wildman–Crippen LogP) is 2.26. The van der Waals surface area contributed by atoms with E-state index in [1.807, 2.05) is 19.9 Å². The van der Waals surface area contributed by atoms with E-state index in [1.54, 1.807) is 19.1 Å². The molecule has 0 aliphatic rings. The molecule has 4 nitrogen and oxygen atoms in total. The average Bonchev–Trinajstić information content (AvgIpc) is 2.15. The molecule has 0 aromatic heterocycles. The summed E-state index contributed by atoms with van der Waals surface area (Å²) in [6.45, 7) is 5.54. The molecule has 1 rings (SSSR count). The number of aliphatic hydroxyl groups is 1. The minimum Gasteiger partial charge on any atom is -0.478 e. The Hall–Kier alpha value is -1.55. The van der Waals surface area contributed by atoms with Crippen molar-refractivity contribution in [1.29, 1.82) is 0 Å². The summed E-state index contributed by atoms with van der Waals surface area (Å²) in [6, 6.07) is 5.19. The van der Waals surface area contributed by atoms with Gasteiger partial charge >= 0.3 is 5.97 Å². The van der Waals surface area contributed by atoms with E-state index in [2.05, 4.69) is 5.32 Å². The summed E-state index contributed by atoms with van der Waals surface area (Å²) in [4.78, 5) is 11.0. The zero-order valence-electron chi connectivity index (χ0n) is 10.4. The normalized spacial score (nSPS) is 14.1. The van der Waals surface area contributed by atoms with Crippen molar-refractivity contribution >= 4 is 11.7 Å². The van der Waals surface area contributed by atoms with Crippen LogP contribution in [0.5, 0.6) is 0 Å². The monoisotopic (exact) mass is 237 g/mol. The van der Waals surface area contributed by atoms with Crippen LogP contribution in [0.4, 0.5) is 5.69 Å². The van der Waals surface area contributed by atoms with Gasteiger partial charge in [0.15, 0.2) is 0 Å². The van der Waals surface area contributed by atoms with Crippen LogP contribution in [-0.4, -0.2) is 28.3 Å². The van der Waals surface area contributed by atoms with E-state index >= 15 is 0 Å². The first kappa shape index (κ1) is 13.5. The minimum absolute atomic E-state index is 0.0231. The van der Waals surface area contributed by atoms with Gasteiger partial charge in [-0.05, 0) is 44.9 Å². The summed E-state index contributed by atoms with van der Waals surface area (Å²) >= 11 is 0. The fourth-order valence-electron chi connectivity index (χ4n) is 1.80. The standard InChI is InChI=1S/C13H19NO3/c1-8-4-5-11(13(16)17)12(6-8)14-9(2)7-10(3)15/h4-6,9-10,14-15H,7H2,1-3H3,(H,16,17). The molecule has 0 aliphatic carbocycles. The van der Waals surface area contributed by atoms with Crippen molar-refractivity contribution in [3.05, 3.63) is 29.3 Å². The van der Waals surface area contributed by atoms with Gasteiger partial charge in [-0.2, -0.15) is 0 Å². The lowest BCUT2D eigenvalue weighted by Crippen LogP contribution is -2.22. The van der Waals surface area contributed by atoms with E-state index in [-0.39, 0.29) is 11.6 Å². The maximum Gasteiger partial charge on any atom is 0.337 e. The zero-order valence-corrected chi connectivity index (χ0v) is 10.4. The smallest absolute Gasteiger partial charge is 0.337 e. The van der Waals surface area contributed by atoms with Crippen LogP contribution in [0.15, 0.2) is 18.2 Å². The van der Waals surface area contributed by atoms with Crippen LogP contribution in [0.25, 0.3) is 0 Å². The number of carboxylic acids is 1. The third kappa shape index (κ3) is 4.07. The van der Waals surface area contributed by atoms with Crippen molar-refractivity contribution < 1.29 is 15.0 Å². The van der Waals surface area contributed by atoms with Crippen LogP contribution in [0, 0.1) is 6.92 Å². The molecule has 0 heterocycles. The summed E-state index contributed by atoms with van der Waals surface area (Å²) in [5, 5.41) is 21.5. The van der Waals surface area contributed by atoms with Crippen molar-refractivity contribution in [2.45, 2.75) is 39.3 Å². The van der Waals surface area contributed by atoms with E-state index in [0.717, 1.165) is 5.56 Å². The molecule has 3 N–H and O–H groups in total. The van der Waals surface area contributed by atoms with Crippen LogP contribution in [0.3, 0.4) is 0 Å². The molecule has 1 aromatic carbocycles.